The Morgan fingerprint density at radius 3 is 2.34 bits per heavy atom. The summed E-state index contributed by atoms with van der Waals surface area (Å²) in [5.41, 5.74) is 6.66. The first-order valence-corrected chi connectivity index (χ1v) is 11.0. The molecule has 0 radical (unpaired) electrons. The summed E-state index contributed by atoms with van der Waals surface area (Å²) in [5, 5.41) is 8.89. The van der Waals surface area contributed by atoms with Gasteiger partial charge < -0.3 is 19.5 Å². The first kappa shape index (κ1) is 23.6. The lowest BCUT2D eigenvalue weighted by Crippen LogP contribution is -2.32. The number of fused-ring (bicyclic) bond motifs is 2. The summed E-state index contributed by atoms with van der Waals surface area (Å²) >= 11 is 0. The van der Waals surface area contributed by atoms with Gasteiger partial charge in [0.25, 0.3) is 0 Å². The van der Waals surface area contributed by atoms with Crippen LogP contribution in [0.1, 0.15) is 52.7 Å². The Labute approximate surface area is 191 Å². The highest BCUT2D eigenvalue weighted by Gasteiger charge is 2.47. The maximum absolute atomic E-state index is 8.89. The normalized spacial score (nSPS) is 22.2. The molecule has 32 heavy (non-hydrogen) atoms. The topological polar surface area (TPSA) is 55.6 Å². The fourth-order valence-corrected chi connectivity index (χ4v) is 4.83. The second-order valence-corrected chi connectivity index (χ2v) is 9.58. The average molecular weight is 435 g/mol. The van der Waals surface area contributed by atoms with Crippen molar-refractivity contribution >= 4 is 23.6 Å². The molecule has 2 aromatic carbocycles. The van der Waals surface area contributed by atoms with Crippen molar-refractivity contribution in [2.45, 2.75) is 58.4 Å². The van der Waals surface area contributed by atoms with Crippen molar-refractivity contribution in [1.29, 1.82) is 0 Å². The molecule has 0 amide bonds. The number of ether oxygens (including phenoxy) is 1. The van der Waals surface area contributed by atoms with E-state index in [1.54, 1.807) is 7.11 Å². The number of anilines is 1. The largest absolute Gasteiger partial charge is 0.550 e. The van der Waals surface area contributed by atoms with Crippen LogP contribution >= 0.6 is 0 Å². The third-order valence-electron chi connectivity index (χ3n) is 6.97. The number of carboxylic acids is 1. The molecule has 4 rings (SSSR count). The average Bonchev–Trinajstić information content (AvgIpc) is 3.05. The van der Waals surface area contributed by atoms with E-state index in [9.17, 15) is 0 Å². The van der Waals surface area contributed by atoms with Crippen molar-refractivity contribution < 1.29 is 19.2 Å². The molecule has 2 aliphatic rings. The predicted molar refractivity (Wildman–Crippen MR) is 128 cm³/mol. The van der Waals surface area contributed by atoms with Crippen LogP contribution < -0.4 is 14.7 Å². The SMILES string of the molecule is CC(=O)[O-].COc1ccc2c(c1)C(C)(C)C(C)[N+]2=CC=C1N(C)c2ccccc2C1(C)C. The van der Waals surface area contributed by atoms with Gasteiger partial charge in [0.15, 0.2) is 12.3 Å². The van der Waals surface area contributed by atoms with Gasteiger partial charge in [0.05, 0.1) is 12.5 Å². The number of carboxylic acid groups (broad SMARTS) is 1. The van der Waals surface area contributed by atoms with Crippen LogP contribution in [0.2, 0.25) is 0 Å². The Hall–Kier alpha value is -3.08. The molecule has 0 aliphatic carbocycles. The molecule has 0 spiro atoms. The van der Waals surface area contributed by atoms with Gasteiger partial charge in [0.1, 0.15) is 5.75 Å². The minimum Gasteiger partial charge on any atom is -0.550 e. The van der Waals surface area contributed by atoms with E-state index in [0.29, 0.717) is 6.04 Å². The Bertz CT molecular complexity index is 1090. The van der Waals surface area contributed by atoms with Crippen LogP contribution in [0.25, 0.3) is 0 Å². The van der Waals surface area contributed by atoms with Crippen molar-refractivity contribution in [2.24, 2.45) is 0 Å². The van der Waals surface area contributed by atoms with Gasteiger partial charge in [-0.05, 0) is 51.5 Å². The van der Waals surface area contributed by atoms with Gasteiger partial charge in [-0.3, -0.25) is 0 Å². The second kappa shape index (κ2) is 8.45. The number of allylic oxidation sites excluding steroid dienone is 2. The monoisotopic (exact) mass is 434 g/mol. The third-order valence-corrected chi connectivity index (χ3v) is 6.97. The highest BCUT2D eigenvalue weighted by atomic mass is 16.5. The molecule has 0 bridgehead atoms. The van der Waals surface area contributed by atoms with E-state index in [0.717, 1.165) is 12.7 Å². The molecule has 5 heteroatoms. The number of carbonyl (C=O) groups is 1. The molecule has 2 aliphatic heterocycles. The van der Waals surface area contributed by atoms with E-state index < -0.39 is 5.97 Å². The predicted octanol–water partition coefficient (Wildman–Crippen LogP) is 4.16. The molecule has 2 heterocycles. The van der Waals surface area contributed by atoms with Crippen LogP contribution in [0.3, 0.4) is 0 Å². The molecule has 0 N–H and O–H groups in total. The summed E-state index contributed by atoms with van der Waals surface area (Å²) in [4.78, 5) is 11.2. The second-order valence-electron chi connectivity index (χ2n) is 9.58. The van der Waals surface area contributed by atoms with Crippen LogP contribution in [-0.2, 0) is 15.6 Å². The van der Waals surface area contributed by atoms with E-state index in [-0.39, 0.29) is 10.8 Å². The summed E-state index contributed by atoms with van der Waals surface area (Å²) < 4.78 is 7.89. The fourth-order valence-electron chi connectivity index (χ4n) is 4.83. The molecule has 1 unspecified atom stereocenters. The number of likely N-dealkylation sites (N-methyl/N-ethyl adjacent to an activating group) is 1. The van der Waals surface area contributed by atoms with Crippen molar-refractivity contribution in [3.8, 4) is 5.75 Å². The Kier molecular flexibility index (Phi) is 6.23. The molecule has 5 nitrogen and oxygen atoms in total. The summed E-state index contributed by atoms with van der Waals surface area (Å²) in [6.45, 7) is 12.5. The Morgan fingerprint density at radius 2 is 1.75 bits per heavy atom. The standard InChI is InChI=1S/C25H31N2O.C2H4O2/c1-17-24(2,3)20-16-18(28-7)12-13-22(20)27(17)15-14-23-25(4,5)19-10-8-9-11-21(19)26(23)6;1-2(3)4/h8-17H,1-7H3;1H3,(H,3,4)/q+1;/p-1. The van der Waals surface area contributed by atoms with Crippen molar-refractivity contribution in [1.82, 2.24) is 0 Å². The number of rotatable bonds is 2. The maximum atomic E-state index is 8.89. The number of hydrogen-bond donors (Lipinski definition) is 0. The van der Waals surface area contributed by atoms with Crippen molar-refractivity contribution in [3.63, 3.8) is 0 Å². The highest BCUT2D eigenvalue weighted by Crippen LogP contribution is 2.47. The number of carbonyl (C=O) groups excluding carboxylic acids is 1. The zero-order valence-electron chi connectivity index (χ0n) is 20.4. The van der Waals surface area contributed by atoms with Gasteiger partial charge in [0.2, 0.25) is 5.69 Å². The van der Waals surface area contributed by atoms with Gasteiger partial charge in [-0.25, -0.2) is 0 Å². The lowest BCUT2D eigenvalue weighted by molar-refractivity contribution is -0.473. The number of aliphatic carboxylic acids is 1. The Morgan fingerprint density at radius 1 is 1.12 bits per heavy atom. The van der Waals surface area contributed by atoms with E-state index in [2.05, 4.69) is 106 Å². The van der Waals surface area contributed by atoms with Crippen molar-refractivity contribution in [3.05, 3.63) is 65.4 Å². The Balaban J connectivity index is 0.000000668. The zero-order valence-corrected chi connectivity index (χ0v) is 20.4. The first-order chi connectivity index (χ1) is 14.9. The number of methoxy groups -OCH3 is 1. The molecule has 170 valence electrons. The third kappa shape index (κ3) is 3.92. The molecule has 0 saturated heterocycles. The van der Waals surface area contributed by atoms with Gasteiger partial charge in [0, 0.05) is 47.5 Å². The summed E-state index contributed by atoms with van der Waals surface area (Å²) in [5.74, 6) is -0.161. The van der Waals surface area contributed by atoms with E-state index in [4.69, 9.17) is 14.6 Å². The van der Waals surface area contributed by atoms with Gasteiger partial charge in [-0.2, -0.15) is 4.58 Å². The van der Waals surface area contributed by atoms with Crippen LogP contribution in [0.15, 0.2) is 54.2 Å². The smallest absolute Gasteiger partial charge is 0.209 e. The molecule has 0 fully saturated rings. The molecule has 0 aromatic heterocycles. The van der Waals surface area contributed by atoms with Crippen LogP contribution in [0.5, 0.6) is 5.75 Å². The van der Waals surface area contributed by atoms with E-state index in [1.165, 1.54) is 28.2 Å². The molecule has 2 aromatic rings. The minimum absolute atomic E-state index is 0.0109. The van der Waals surface area contributed by atoms with Gasteiger partial charge in [-0.15, -0.1) is 0 Å². The number of hydrogen-bond acceptors (Lipinski definition) is 4. The van der Waals surface area contributed by atoms with E-state index >= 15 is 0 Å². The van der Waals surface area contributed by atoms with Gasteiger partial charge >= 0.3 is 0 Å². The number of para-hydroxylation sites is 1. The first-order valence-electron chi connectivity index (χ1n) is 11.0. The zero-order chi connectivity index (χ0) is 23.8. The lowest BCUT2D eigenvalue weighted by Gasteiger charge is -2.23. The van der Waals surface area contributed by atoms with E-state index in [1.807, 2.05) is 0 Å². The minimum atomic E-state index is -1.08. The quantitative estimate of drug-likeness (QED) is 0.666. The number of benzene rings is 2. The molecular formula is C27H34N2O3. The van der Waals surface area contributed by atoms with Crippen LogP contribution in [0, 0.1) is 0 Å². The highest BCUT2D eigenvalue weighted by molar-refractivity contribution is 5.78. The summed E-state index contributed by atoms with van der Waals surface area (Å²) in [7, 11) is 3.90. The maximum Gasteiger partial charge on any atom is 0.209 e. The summed E-state index contributed by atoms with van der Waals surface area (Å²) in [6, 6.07) is 15.5. The molecular weight excluding hydrogens is 400 g/mol. The van der Waals surface area contributed by atoms with Crippen LogP contribution in [0.4, 0.5) is 11.4 Å². The van der Waals surface area contributed by atoms with Crippen molar-refractivity contribution in [2.75, 3.05) is 19.1 Å². The summed E-state index contributed by atoms with van der Waals surface area (Å²) in [6.07, 6.45) is 4.57. The van der Waals surface area contributed by atoms with Crippen LogP contribution in [-0.4, -0.2) is 37.0 Å². The van der Waals surface area contributed by atoms with Gasteiger partial charge in [-0.1, -0.05) is 32.0 Å². The fraction of sp³-hybridized carbons (Fsp3) is 0.407. The lowest BCUT2D eigenvalue weighted by atomic mass is 9.81. The molecule has 0 saturated carbocycles. The molecule has 1 atom stereocenters. The number of nitrogens with zero attached hydrogens (tertiary/aromatic N) is 2.